The first-order valence-corrected chi connectivity index (χ1v) is 13.8. The summed E-state index contributed by atoms with van der Waals surface area (Å²) in [5.74, 6) is 0.913. The summed E-state index contributed by atoms with van der Waals surface area (Å²) in [6.45, 7) is 14.9. The number of ketones is 1. The Hall–Kier alpha value is -3.61. The highest BCUT2D eigenvalue weighted by Crippen LogP contribution is 2.46. The van der Waals surface area contributed by atoms with Crippen LogP contribution in [0.5, 0.6) is 23.0 Å². The van der Waals surface area contributed by atoms with Crippen LogP contribution in [0.2, 0.25) is 0 Å². The highest BCUT2D eigenvalue weighted by atomic mass is 16.5. The van der Waals surface area contributed by atoms with Gasteiger partial charge in [-0.2, -0.15) is 0 Å². The monoisotopic (exact) mass is 552 g/mol. The smallest absolute Gasteiger partial charge is 0.316 e. The molecule has 0 radical (unpaired) electrons. The number of hydrogen-bond donors (Lipinski definition) is 0. The van der Waals surface area contributed by atoms with Gasteiger partial charge < -0.3 is 18.9 Å². The third-order valence-corrected chi connectivity index (χ3v) is 6.16. The summed E-state index contributed by atoms with van der Waals surface area (Å²) in [5.41, 5.74) is 1.25. The molecule has 2 aromatic carbocycles. The van der Waals surface area contributed by atoms with Gasteiger partial charge in [0.2, 0.25) is 0 Å². The first-order chi connectivity index (χ1) is 18.7. The average Bonchev–Trinajstić information content (AvgIpc) is 2.88. The summed E-state index contributed by atoms with van der Waals surface area (Å²) >= 11 is 0. The van der Waals surface area contributed by atoms with Crippen molar-refractivity contribution in [2.24, 2.45) is 10.8 Å². The van der Waals surface area contributed by atoms with E-state index < -0.39 is 10.8 Å². The summed E-state index contributed by atoms with van der Waals surface area (Å²) < 4.78 is 23.1. The Bertz CT molecular complexity index is 1200. The van der Waals surface area contributed by atoms with E-state index in [4.69, 9.17) is 18.9 Å². The SMILES string of the molecule is CCCc1c(OC)c(C=CC(=O)c2ccc(OC(=O)C(C)(C)C)cc2)c(OC)c(CCC)c1OC(=O)C(C)(C)C. The van der Waals surface area contributed by atoms with E-state index in [9.17, 15) is 14.4 Å². The number of hydrogen-bond acceptors (Lipinski definition) is 7. The minimum atomic E-state index is -0.695. The van der Waals surface area contributed by atoms with Gasteiger partial charge in [0.1, 0.15) is 23.0 Å². The first-order valence-electron chi connectivity index (χ1n) is 13.8. The molecule has 0 spiro atoms. The fraction of sp³-hybridized carbons (Fsp3) is 0.485. The minimum absolute atomic E-state index is 0.241. The number of methoxy groups -OCH3 is 2. The maximum atomic E-state index is 13.1. The van der Waals surface area contributed by atoms with Gasteiger partial charge in [0, 0.05) is 16.7 Å². The molecular weight excluding hydrogens is 508 g/mol. The van der Waals surface area contributed by atoms with Crippen LogP contribution in [-0.4, -0.2) is 31.9 Å². The topological polar surface area (TPSA) is 88.1 Å². The summed E-state index contributed by atoms with van der Waals surface area (Å²) in [4.78, 5) is 38.2. The molecular formula is C33H44O7. The third kappa shape index (κ3) is 7.96. The molecule has 0 aliphatic heterocycles. The quantitative estimate of drug-likeness (QED) is 0.124. The molecule has 0 fully saturated rings. The first kappa shape index (κ1) is 32.6. The van der Waals surface area contributed by atoms with Crippen LogP contribution in [0.25, 0.3) is 6.08 Å². The molecule has 2 aromatic rings. The van der Waals surface area contributed by atoms with Crippen LogP contribution in [0, 0.1) is 10.8 Å². The van der Waals surface area contributed by atoms with Crippen LogP contribution in [0.1, 0.15) is 95.3 Å². The van der Waals surface area contributed by atoms with E-state index >= 15 is 0 Å². The van der Waals surface area contributed by atoms with Gasteiger partial charge in [-0.25, -0.2) is 0 Å². The molecule has 0 unspecified atom stereocenters. The molecule has 0 saturated carbocycles. The summed E-state index contributed by atoms with van der Waals surface area (Å²) in [6, 6.07) is 6.44. The van der Waals surface area contributed by atoms with Gasteiger partial charge in [-0.15, -0.1) is 0 Å². The van der Waals surface area contributed by atoms with Crippen molar-refractivity contribution in [3.05, 3.63) is 52.6 Å². The molecule has 0 aliphatic carbocycles. The van der Waals surface area contributed by atoms with E-state index in [-0.39, 0.29) is 17.7 Å². The van der Waals surface area contributed by atoms with Crippen LogP contribution in [0.15, 0.2) is 30.3 Å². The normalized spacial score (nSPS) is 11.8. The summed E-state index contributed by atoms with van der Waals surface area (Å²) in [5, 5.41) is 0. The van der Waals surface area contributed by atoms with Crippen molar-refractivity contribution in [2.45, 2.75) is 81.1 Å². The van der Waals surface area contributed by atoms with Crippen LogP contribution in [-0.2, 0) is 22.4 Å². The van der Waals surface area contributed by atoms with Crippen molar-refractivity contribution in [3.8, 4) is 23.0 Å². The van der Waals surface area contributed by atoms with Gasteiger partial charge in [-0.05, 0) is 90.8 Å². The molecule has 0 saturated heterocycles. The van der Waals surface area contributed by atoms with E-state index in [1.165, 1.54) is 6.08 Å². The lowest BCUT2D eigenvalue weighted by atomic mass is 9.93. The van der Waals surface area contributed by atoms with Crippen LogP contribution in [0.3, 0.4) is 0 Å². The highest BCUT2D eigenvalue weighted by Gasteiger charge is 2.30. The summed E-state index contributed by atoms with van der Waals surface area (Å²) in [7, 11) is 3.11. The fourth-order valence-electron chi connectivity index (χ4n) is 3.96. The predicted molar refractivity (Wildman–Crippen MR) is 158 cm³/mol. The standard InChI is InChI=1S/C33H44O7/c1-11-13-23-27(37-9)25(28(38-10)24(14-12-2)29(23)40-31(36)33(6,7)8)19-20-26(34)21-15-17-22(18-16-21)39-30(35)32(3,4)5/h15-20H,11-14H2,1-10H3. The largest absolute Gasteiger partial charge is 0.496 e. The second kappa shape index (κ2) is 13.6. The lowest BCUT2D eigenvalue weighted by molar-refractivity contribution is -0.143. The number of allylic oxidation sites excluding steroid dienone is 1. The number of carbonyl (C=O) groups is 3. The van der Waals surface area contributed by atoms with E-state index in [2.05, 4.69) is 0 Å². The molecule has 2 rings (SSSR count). The van der Waals surface area contributed by atoms with Gasteiger partial charge in [0.15, 0.2) is 5.78 Å². The van der Waals surface area contributed by atoms with Crippen molar-refractivity contribution in [1.82, 2.24) is 0 Å². The molecule has 0 aliphatic rings. The van der Waals surface area contributed by atoms with E-state index in [0.29, 0.717) is 47.0 Å². The fourth-order valence-corrected chi connectivity index (χ4v) is 3.96. The van der Waals surface area contributed by atoms with Gasteiger partial charge in [0.05, 0.1) is 30.6 Å². The zero-order valence-corrected chi connectivity index (χ0v) is 25.7. The number of ether oxygens (including phenoxy) is 4. The average molecular weight is 553 g/mol. The molecule has 7 nitrogen and oxygen atoms in total. The van der Waals surface area contributed by atoms with Crippen molar-refractivity contribution in [2.75, 3.05) is 14.2 Å². The van der Waals surface area contributed by atoms with Crippen LogP contribution >= 0.6 is 0 Å². The molecule has 0 aromatic heterocycles. The number of benzene rings is 2. The Morgan fingerprint density at radius 2 is 1.15 bits per heavy atom. The third-order valence-electron chi connectivity index (χ3n) is 6.16. The van der Waals surface area contributed by atoms with E-state index in [0.717, 1.165) is 24.0 Å². The molecule has 0 heterocycles. The summed E-state index contributed by atoms with van der Waals surface area (Å²) in [6.07, 6.45) is 5.95. The maximum absolute atomic E-state index is 13.1. The predicted octanol–water partition coefficient (Wildman–Crippen LogP) is 7.41. The van der Waals surface area contributed by atoms with Gasteiger partial charge in [0.25, 0.3) is 0 Å². The Morgan fingerprint density at radius 3 is 1.55 bits per heavy atom. The van der Waals surface area contributed by atoms with Crippen molar-refractivity contribution < 1.29 is 33.3 Å². The van der Waals surface area contributed by atoms with Gasteiger partial charge >= 0.3 is 11.9 Å². The Morgan fingerprint density at radius 1 is 0.700 bits per heavy atom. The number of carbonyl (C=O) groups excluding carboxylic acids is 3. The molecule has 40 heavy (non-hydrogen) atoms. The van der Waals surface area contributed by atoms with Crippen molar-refractivity contribution >= 4 is 23.8 Å². The van der Waals surface area contributed by atoms with Crippen molar-refractivity contribution in [1.29, 1.82) is 0 Å². The molecule has 0 amide bonds. The van der Waals surface area contributed by atoms with Crippen LogP contribution in [0.4, 0.5) is 0 Å². The lowest BCUT2D eigenvalue weighted by Crippen LogP contribution is -2.26. The molecule has 7 heteroatoms. The second-order valence-corrected chi connectivity index (χ2v) is 11.8. The molecule has 0 atom stereocenters. The minimum Gasteiger partial charge on any atom is -0.496 e. The zero-order valence-electron chi connectivity index (χ0n) is 25.7. The molecule has 0 N–H and O–H groups in total. The van der Waals surface area contributed by atoms with E-state index in [1.807, 2.05) is 34.6 Å². The Kier molecular flexibility index (Phi) is 11.1. The van der Waals surface area contributed by atoms with Crippen molar-refractivity contribution in [3.63, 3.8) is 0 Å². The highest BCUT2D eigenvalue weighted by molar-refractivity contribution is 6.07. The van der Waals surface area contributed by atoms with E-state index in [1.54, 1.807) is 65.3 Å². The van der Waals surface area contributed by atoms with Gasteiger partial charge in [-0.3, -0.25) is 14.4 Å². The zero-order chi connectivity index (χ0) is 30.3. The maximum Gasteiger partial charge on any atom is 0.316 e. The Balaban J connectivity index is 2.57. The lowest BCUT2D eigenvalue weighted by Gasteiger charge is -2.25. The van der Waals surface area contributed by atoms with Gasteiger partial charge in [-0.1, -0.05) is 26.7 Å². The second-order valence-electron chi connectivity index (χ2n) is 11.8. The number of esters is 2. The van der Waals surface area contributed by atoms with Crippen LogP contribution < -0.4 is 18.9 Å². The number of rotatable bonds is 11. The molecule has 0 bridgehead atoms. The molecule has 218 valence electrons. The Labute approximate surface area is 238 Å².